The molecule has 84 valence electrons. The SMILES string of the molecule is C1CCC2(CC1)CNCCS2.CCC. The van der Waals surface area contributed by atoms with E-state index in [1.807, 2.05) is 0 Å². The molecule has 0 unspecified atom stereocenters. The van der Waals surface area contributed by atoms with E-state index >= 15 is 0 Å². The molecule has 0 amide bonds. The molecular weight excluding hydrogens is 190 g/mol. The Hall–Kier alpha value is 0.310. The lowest BCUT2D eigenvalue weighted by Crippen LogP contribution is -2.44. The molecule has 2 aliphatic rings. The first kappa shape index (κ1) is 12.4. The highest BCUT2D eigenvalue weighted by Crippen LogP contribution is 2.40. The predicted octanol–water partition coefficient (Wildman–Crippen LogP) is 3.44. The lowest BCUT2D eigenvalue weighted by molar-refractivity contribution is 0.375. The molecule has 1 saturated heterocycles. The van der Waals surface area contributed by atoms with Gasteiger partial charge in [0.25, 0.3) is 0 Å². The Bertz CT molecular complexity index is 116. The molecule has 1 saturated carbocycles. The summed E-state index contributed by atoms with van der Waals surface area (Å²) in [5.41, 5.74) is 0. The highest BCUT2D eigenvalue weighted by atomic mass is 32.2. The third kappa shape index (κ3) is 3.82. The van der Waals surface area contributed by atoms with Crippen LogP contribution in [0, 0.1) is 0 Å². The molecule has 0 radical (unpaired) electrons. The Balaban J connectivity index is 0.000000293. The van der Waals surface area contributed by atoms with Crippen molar-refractivity contribution >= 4 is 11.8 Å². The van der Waals surface area contributed by atoms with Gasteiger partial charge in [0.15, 0.2) is 0 Å². The molecule has 0 aromatic rings. The maximum Gasteiger partial charge on any atom is 0.0285 e. The van der Waals surface area contributed by atoms with Crippen LogP contribution in [0.5, 0.6) is 0 Å². The van der Waals surface area contributed by atoms with Crippen molar-refractivity contribution in [2.75, 3.05) is 18.8 Å². The van der Waals surface area contributed by atoms with Crippen molar-refractivity contribution in [2.24, 2.45) is 0 Å². The molecule has 0 aromatic heterocycles. The smallest absolute Gasteiger partial charge is 0.0285 e. The van der Waals surface area contributed by atoms with E-state index in [2.05, 4.69) is 30.9 Å². The van der Waals surface area contributed by atoms with Crippen LogP contribution in [0.15, 0.2) is 0 Å². The Kier molecular flexibility index (Phi) is 5.95. The van der Waals surface area contributed by atoms with Gasteiger partial charge in [-0.05, 0) is 12.8 Å². The van der Waals surface area contributed by atoms with Crippen LogP contribution in [-0.2, 0) is 0 Å². The van der Waals surface area contributed by atoms with Crippen molar-refractivity contribution < 1.29 is 0 Å². The van der Waals surface area contributed by atoms with Crippen LogP contribution in [0.2, 0.25) is 0 Å². The molecule has 0 aromatic carbocycles. The first-order valence-electron chi connectivity index (χ1n) is 6.17. The van der Waals surface area contributed by atoms with E-state index in [1.165, 1.54) is 57.4 Å². The molecule has 1 aliphatic heterocycles. The van der Waals surface area contributed by atoms with Gasteiger partial charge < -0.3 is 5.32 Å². The lowest BCUT2D eigenvalue weighted by Gasteiger charge is -2.40. The molecule has 1 heterocycles. The van der Waals surface area contributed by atoms with Crippen LogP contribution in [0.3, 0.4) is 0 Å². The largest absolute Gasteiger partial charge is 0.315 e. The van der Waals surface area contributed by atoms with E-state index in [0.717, 1.165) is 0 Å². The summed E-state index contributed by atoms with van der Waals surface area (Å²) >= 11 is 2.22. The van der Waals surface area contributed by atoms with Crippen LogP contribution < -0.4 is 5.32 Å². The van der Waals surface area contributed by atoms with Gasteiger partial charge in [-0.1, -0.05) is 39.5 Å². The summed E-state index contributed by atoms with van der Waals surface area (Å²) in [6, 6.07) is 0. The topological polar surface area (TPSA) is 12.0 Å². The fraction of sp³-hybridized carbons (Fsp3) is 1.00. The molecule has 2 fully saturated rings. The molecule has 2 heteroatoms. The second kappa shape index (κ2) is 6.73. The summed E-state index contributed by atoms with van der Waals surface area (Å²) in [7, 11) is 0. The first-order valence-corrected chi connectivity index (χ1v) is 7.16. The zero-order valence-electron chi connectivity index (χ0n) is 9.77. The van der Waals surface area contributed by atoms with Gasteiger partial charge in [-0.25, -0.2) is 0 Å². The normalized spacial score (nSPS) is 25.3. The second-order valence-corrected chi connectivity index (χ2v) is 6.04. The van der Waals surface area contributed by atoms with Crippen molar-refractivity contribution in [1.29, 1.82) is 0 Å². The summed E-state index contributed by atoms with van der Waals surface area (Å²) in [5.74, 6) is 1.33. The number of hydrogen-bond donors (Lipinski definition) is 1. The maximum atomic E-state index is 3.52. The molecular formula is C12H25NS. The van der Waals surface area contributed by atoms with Crippen molar-refractivity contribution in [2.45, 2.75) is 57.1 Å². The molecule has 0 atom stereocenters. The monoisotopic (exact) mass is 215 g/mol. The van der Waals surface area contributed by atoms with E-state index < -0.39 is 0 Å². The van der Waals surface area contributed by atoms with E-state index in [1.54, 1.807) is 0 Å². The summed E-state index contributed by atoms with van der Waals surface area (Å²) in [4.78, 5) is 0. The first-order chi connectivity index (χ1) is 6.83. The predicted molar refractivity (Wildman–Crippen MR) is 67.1 cm³/mol. The lowest BCUT2D eigenvalue weighted by atomic mass is 9.88. The molecule has 14 heavy (non-hydrogen) atoms. The van der Waals surface area contributed by atoms with Crippen molar-refractivity contribution in [3.8, 4) is 0 Å². The Morgan fingerprint density at radius 3 is 2.29 bits per heavy atom. The molecule has 0 bridgehead atoms. The fourth-order valence-corrected chi connectivity index (χ4v) is 3.69. The Morgan fingerprint density at radius 2 is 1.79 bits per heavy atom. The fourth-order valence-electron chi connectivity index (χ4n) is 2.22. The summed E-state index contributed by atoms with van der Waals surface area (Å²) < 4.78 is 0.663. The van der Waals surface area contributed by atoms with Gasteiger partial charge in [0.05, 0.1) is 0 Å². The third-order valence-electron chi connectivity index (χ3n) is 2.90. The average molecular weight is 215 g/mol. The summed E-state index contributed by atoms with van der Waals surface area (Å²) in [6.45, 7) is 6.75. The third-order valence-corrected chi connectivity index (χ3v) is 4.47. The molecule has 1 aliphatic carbocycles. The number of thioether (sulfide) groups is 1. The van der Waals surface area contributed by atoms with Crippen molar-refractivity contribution in [3.63, 3.8) is 0 Å². The van der Waals surface area contributed by atoms with Crippen LogP contribution in [0.25, 0.3) is 0 Å². The maximum absolute atomic E-state index is 3.52. The highest BCUT2D eigenvalue weighted by molar-refractivity contribution is 8.00. The minimum absolute atomic E-state index is 0.663. The number of nitrogens with one attached hydrogen (secondary N) is 1. The van der Waals surface area contributed by atoms with E-state index in [9.17, 15) is 0 Å². The second-order valence-electron chi connectivity index (χ2n) is 4.48. The van der Waals surface area contributed by atoms with Gasteiger partial charge in [0, 0.05) is 23.6 Å². The van der Waals surface area contributed by atoms with Gasteiger partial charge in [-0.3, -0.25) is 0 Å². The summed E-state index contributed by atoms with van der Waals surface area (Å²) in [6.07, 6.45) is 8.58. The molecule has 1 nitrogen and oxygen atoms in total. The standard InChI is InChI=1S/C9H17NS.C3H8/c1-2-4-9(5-3-1)8-10-6-7-11-9;1-3-2/h10H,1-8H2;3H2,1-2H3. The molecule has 1 spiro atoms. The van der Waals surface area contributed by atoms with Crippen molar-refractivity contribution in [1.82, 2.24) is 5.32 Å². The minimum Gasteiger partial charge on any atom is -0.315 e. The number of rotatable bonds is 0. The minimum atomic E-state index is 0.663. The Morgan fingerprint density at radius 1 is 1.14 bits per heavy atom. The van der Waals surface area contributed by atoms with Crippen LogP contribution in [0.4, 0.5) is 0 Å². The quantitative estimate of drug-likeness (QED) is 0.664. The molecule has 2 rings (SSSR count). The summed E-state index contributed by atoms with van der Waals surface area (Å²) in [5, 5.41) is 3.52. The zero-order chi connectivity index (χ0) is 10.3. The van der Waals surface area contributed by atoms with E-state index in [0.29, 0.717) is 4.75 Å². The average Bonchev–Trinajstić information content (AvgIpc) is 2.21. The van der Waals surface area contributed by atoms with Gasteiger partial charge in [-0.2, -0.15) is 11.8 Å². The van der Waals surface area contributed by atoms with Crippen LogP contribution in [-0.4, -0.2) is 23.6 Å². The van der Waals surface area contributed by atoms with Gasteiger partial charge in [0.1, 0.15) is 0 Å². The van der Waals surface area contributed by atoms with Gasteiger partial charge >= 0.3 is 0 Å². The number of hydrogen-bond acceptors (Lipinski definition) is 2. The Labute approximate surface area is 93.4 Å². The van der Waals surface area contributed by atoms with E-state index in [4.69, 9.17) is 0 Å². The highest BCUT2D eigenvalue weighted by Gasteiger charge is 2.33. The zero-order valence-corrected chi connectivity index (χ0v) is 10.6. The van der Waals surface area contributed by atoms with Crippen molar-refractivity contribution in [3.05, 3.63) is 0 Å². The van der Waals surface area contributed by atoms with E-state index in [-0.39, 0.29) is 0 Å². The van der Waals surface area contributed by atoms with Crippen LogP contribution >= 0.6 is 11.8 Å². The van der Waals surface area contributed by atoms with Crippen LogP contribution in [0.1, 0.15) is 52.4 Å². The van der Waals surface area contributed by atoms with Gasteiger partial charge in [0.2, 0.25) is 0 Å². The molecule has 1 N–H and O–H groups in total. The van der Waals surface area contributed by atoms with Gasteiger partial charge in [-0.15, -0.1) is 0 Å².